The second-order valence-corrected chi connectivity index (χ2v) is 7.86. The van der Waals surface area contributed by atoms with Gasteiger partial charge >= 0.3 is 5.63 Å². The summed E-state index contributed by atoms with van der Waals surface area (Å²) in [5, 5.41) is 0.759. The second-order valence-electron chi connectivity index (χ2n) is 7.86. The summed E-state index contributed by atoms with van der Waals surface area (Å²) in [6.07, 6.45) is 3.58. The molecule has 3 heterocycles. The monoisotopic (exact) mass is 421 g/mol. The summed E-state index contributed by atoms with van der Waals surface area (Å²) in [7, 11) is 0. The molecule has 1 amide bonds. The van der Waals surface area contributed by atoms with Crippen molar-refractivity contribution >= 4 is 22.6 Å². The number of piperazine rings is 1. The minimum Gasteiger partial charge on any atom is -0.480 e. The molecule has 1 aromatic carbocycles. The number of hydrogen-bond acceptors (Lipinski definition) is 6. The SMILES string of the molecule is CCc1cc(=O)oc2cc(C)cc(OC(C)C(=O)N3CCN(c4ccncc4)CC3)c12. The Hall–Kier alpha value is -3.35. The van der Waals surface area contributed by atoms with Gasteiger partial charge in [0.05, 0.1) is 5.39 Å². The number of nitrogens with zero attached hydrogens (tertiary/aromatic N) is 3. The molecule has 1 aliphatic rings. The predicted molar refractivity (Wildman–Crippen MR) is 120 cm³/mol. The van der Waals surface area contributed by atoms with Crippen molar-refractivity contribution in [3.63, 3.8) is 0 Å². The molecule has 0 N–H and O–H groups in total. The van der Waals surface area contributed by atoms with Crippen LogP contribution < -0.4 is 15.3 Å². The Labute approximate surface area is 181 Å². The number of aromatic nitrogens is 1. The van der Waals surface area contributed by atoms with E-state index in [4.69, 9.17) is 9.15 Å². The van der Waals surface area contributed by atoms with Gasteiger partial charge in [0.1, 0.15) is 11.3 Å². The lowest BCUT2D eigenvalue weighted by Crippen LogP contribution is -2.52. The molecule has 0 aliphatic carbocycles. The lowest BCUT2D eigenvalue weighted by Gasteiger charge is -2.37. The quantitative estimate of drug-likeness (QED) is 0.589. The highest BCUT2D eigenvalue weighted by molar-refractivity contribution is 5.88. The largest absolute Gasteiger partial charge is 0.480 e. The molecule has 0 spiro atoms. The van der Waals surface area contributed by atoms with Gasteiger partial charge in [-0.3, -0.25) is 9.78 Å². The van der Waals surface area contributed by atoms with E-state index in [0.29, 0.717) is 30.8 Å². The molecule has 0 saturated carbocycles. The van der Waals surface area contributed by atoms with Crippen LogP contribution in [0.3, 0.4) is 0 Å². The number of ether oxygens (including phenoxy) is 1. The van der Waals surface area contributed by atoms with Crippen LogP contribution in [0.25, 0.3) is 11.0 Å². The molecule has 162 valence electrons. The molecular weight excluding hydrogens is 394 g/mol. The predicted octanol–water partition coefficient (Wildman–Crippen LogP) is 3.17. The van der Waals surface area contributed by atoms with Gasteiger partial charge in [0, 0.05) is 50.3 Å². The molecule has 0 bridgehead atoms. The van der Waals surface area contributed by atoms with E-state index in [1.165, 1.54) is 6.07 Å². The van der Waals surface area contributed by atoms with E-state index in [9.17, 15) is 9.59 Å². The van der Waals surface area contributed by atoms with Gasteiger partial charge in [0.15, 0.2) is 6.10 Å². The first-order chi connectivity index (χ1) is 15.0. The fourth-order valence-electron chi connectivity index (χ4n) is 4.08. The first-order valence-corrected chi connectivity index (χ1v) is 10.6. The zero-order valence-electron chi connectivity index (χ0n) is 18.1. The van der Waals surface area contributed by atoms with Gasteiger partial charge in [-0.2, -0.15) is 0 Å². The lowest BCUT2D eigenvalue weighted by atomic mass is 10.0. The summed E-state index contributed by atoms with van der Waals surface area (Å²) >= 11 is 0. The number of amides is 1. The Morgan fingerprint density at radius 2 is 1.87 bits per heavy atom. The molecule has 1 fully saturated rings. The highest BCUT2D eigenvalue weighted by atomic mass is 16.5. The van der Waals surface area contributed by atoms with Crippen molar-refractivity contribution in [1.82, 2.24) is 9.88 Å². The summed E-state index contributed by atoms with van der Waals surface area (Å²) in [5.74, 6) is 0.534. The fraction of sp³-hybridized carbons (Fsp3) is 0.375. The maximum Gasteiger partial charge on any atom is 0.336 e. The van der Waals surface area contributed by atoms with Crippen molar-refractivity contribution in [3.8, 4) is 5.75 Å². The minimum atomic E-state index is -0.644. The maximum atomic E-state index is 13.1. The molecule has 4 rings (SSSR count). The van der Waals surface area contributed by atoms with Gasteiger partial charge in [-0.15, -0.1) is 0 Å². The van der Waals surface area contributed by atoms with Crippen molar-refractivity contribution in [1.29, 1.82) is 0 Å². The van der Waals surface area contributed by atoms with E-state index >= 15 is 0 Å². The summed E-state index contributed by atoms with van der Waals surface area (Å²) in [6.45, 7) is 8.47. The summed E-state index contributed by atoms with van der Waals surface area (Å²) in [4.78, 5) is 33.1. The molecule has 0 radical (unpaired) electrons. The normalized spacial score (nSPS) is 15.2. The molecule has 1 aliphatic heterocycles. The molecule has 7 nitrogen and oxygen atoms in total. The number of aryl methyl sites for hydroxylation is 2. The first-order valence-electron chi connectivity index (χ1n) is 10.6. The number of fused-ring (bicyclic) bond motifs is 1. The van der Waals surface area contributed by atoms with E-state index in [0.717, 1.165) is 35.3 Å². The third-order valence-electron chi connectivity index (χ3n) is 5.69. The van der Waals surface area contributed by atoms with Crippen LogP contribution in [-0.4, -0.2) is 48.1 Å². The Balaban J connectivity index is 1.50. The third kappa shape index (κ3) is 4.40. The van der Waals surface area contributed by atoms with Crippen molar-refractivity contribution in [3.05, 3.63) is 64.3 Å². The van der Waals surface area contributed by atoms with Crippen molar-refractivity contribution in [2.24, 2.45) is 0 Å². The Morgan fingerprint density at radius 1 is 1.16 bits per heavy atom. The number of carbonyl (C=O) groups is 1. The van der Waals surface area contributed by atoms with E-state index in [1.807, 2.05) is 43.0 Å². The summed E-state index contributed by atoms with van der Waals surface area (Å²) < 4.78 is 11.5. The molecule has 1 unspecified atom stereocenters. The number of hydrogen-bond donors (Lipinski definition) is 0. The lowest BCUT2D eigenvalue weighted by molar-refractivity contribution is -0.138. The smallest absolute Gasteiger partial charge is 0.336 e. The van der Waals surface area contributed by atoms with Crippen LogP contribution in [0.2, 0.25) is 0 Å². The number of rotatable bonds is 5. The van der Waals surface area contributed by atoms with Gasteiger partial charge in [-0.25, -0.2) is 4.79 Å². The van der Waals surface area contributed by atoms with Crippen LogP contribution in [0.15, 0.2) is 51.9 Å². The molecule has 2 aromatic heterocycles. The average Bonchev–Trinajstić information content (AvgIpc) is 2.78. The van der Waals surface area contributed by atoms with Crippen molar-refractivity contribution in [2.75, 3.05) is 31.1 Å². The number of anilines is 1. The molecule has 1 saturated heterocycles. The average molecular weight is 421 g/mol. The topological polar surface area (TPSA) is 75.9 Å². The molecule has 31 heavy (non-hydrogen) atoms. The highest BCUT2D eigenvalue weighted by Gasteiger charge is 2.27. The highest BCUT2D eigenvalue weighted by Crippen LogP contribution is 2.31. The van der Waals surface area contributed by atoms with Gasteiger partial charge < -0.3 is 19.0 Å². The second kappa shape index (κ2) is 8.79. The molecule has 7 heteroatoms. The van der Waals surface area contributed by atoms with Crippen LogP contribution >= 0.6 is 0 Å². The van der Waals surface area contributed by atoms with E-state index in [1.54, 1.807) is 19.3 Å². The van der Waals surface area contributed by atoms with Crippen molar-refractivity contribution in [2.45, 2.75) is 33.3 Å². The number of pyridine rings is 1. The van der Waals surface area contributed by atoms with E-state index in [-0.39, 0.29) is 11.5 Å². The van der Waals surface area contributed by atoms with Crippen LogP contribution in [0.5, 0.6) is 5.75 Å². The molecule has 1 atom stereocenters. The Morgan fingerprint density at radius 3 is 2.55 bits per heavy atom. The van der Waals surface area contributed by atoms with Gasteiger partial charge in [-0.1, -0.05) is 6.92 Å². The van der Waals surface area contributed by atoms with Crippen LogP contribution in [0, 0.1) is 6.92 Å². The maximum absolute atomic E-state index is 13.1. The van der Waals surface area contributed by atoms with Crippen LogP contribution in [-0.2, 0) is 11.2 Å². The zero-order valence-corrected chi connectivity index (χ0v) is 18.1. The van der Waals surface area contributed by atoms with Crippen molar-refractivity contribution < 1.29 is 13.9 Å². The molecule has 3 aromatic rings. The summed E-state index contributed by atoms with van der Waals surface area (Å²) in [5.41, 5.74) is 2.99. The van der Waals surface area contributed by atoms with E-state index < -0.39 is 6.10 Å². The van der Waals surface area contributed by atoms with Crippen LogP contribution in [0.4, 0.5) is 5.69 Å². The Bertz CT molecular complexity index is 1130. The summed E-state index contributed by atoms with van der Waals surface area (Å²) in [6, 6.07) is 9.18. The zero-order chi connectivity index (χ0) is 22.0. The van der Waals surface area contributed by atoms with Crippen LogP contribution in [0.1, 0.15) is 25.0 Å². The van der Waals surface area contributed by atoms with Gasteiger partial charge in [0.2, 0.25) is 0 Å². The third-order valence-corrected chi connectivity index (χ3v) is 5.69. The number of benzene rings is 1. The van der Waals surface area contributed by atoms with Gasteiger partial charge in [-0.05, 0) is 55.7 Å². The first kappa shape index (κ1) is 20.9. The Kier molecular flexibility index (Phi) is 5.93. The standard InChI is InChI=1S/C24H27N3O4/c1-4-18-15-22(28)31-21-14-16(2)13-20(23(18)21)30-17(3)24(29)27-11-9-26(10-12-27)19-5-7-25-8-6-19/h5-8,13-15,17H,4,9-12H2,1-3H3. The molecular formula is C24H27N3O4. The fourth-order valence-corrected chi connectivity index (χ4v) is 4.08. The minimum absolute atomic E-state index is 0.0422. The van der Waals surface area contributed by atoms with E-state index in [2.05, 4.69) is 9.88 Å². The van der Waals surface area contributed by atoms with Gasteiger partial charge in [0.25, 0.3) is 5.91 Å². The number of carbonyl (C=O) groups excluding carboxylic acids is 1.